The minimum Gasteiger partial charge on any atom is -0.462 e. The number of halogens is 5. The van der Waals surface area contributed by atoms with Gasteiger partial charge in [0.15, 0.2) is 11.2 Å². The van der Waals surface area contributed by atoms with Gasteiger partial charge in [-0.15, -0.1) is 0 Å². The lowest BCUT2D eigenvalue weighted by Crippen LogP contribution is -2.26. The molecule has 0 fully saturated rings. The number of ether oxygens (including phenoxy) is 1. The van der Waals surface area contributed by atoms with E-state index in [2.05, 4.69) is 10.1 Å². The van der Waals surface area contributed by atoms with E-state index in [1.54, 1.807) is 30.3 Å². The topological polar surface area (TPSA) is 76.5 Å². The van der Waals surface area contributed by atoms with Crippen LogP contribution in [-0.4, -0.2) is 27.2 Å². The van der Waals surface area contributed by atoms with E-state index in [1.807, 2.05) is 0 Å². The van der Waals surface area contributed by atoms with E-state index in [0.717, 1.165) is 34.8 Å². The standard InChI is InChI=1S/C28H18F5N3O3/c1-2-39-27(38)22-23(16-8-10-17(11-9-16)28(31,32)33)34-25-21(19-13-12-18(29)14-20(19)30)24(35-36(25)26(22)37)15-6-4-3-5-7-15/h3-14,35H,2H2,1H3. The summed E-state index contributed by atoms with van der Waals surface area (Å²) in [5.41, 5.74) is -1.99. The molecule has 0 bridgehead atoms. The van der Waals surface area contributed by atoms with Gasteiger partial charge in [0.2, 0.25) is 0 Å². The number of aromatic amines is 1. The molecule has 5 rings (SSSR count). The van der Waals surface area contributed by atoms with Crippen LogP contribution in [0.2, 0.25) is 0 Å². The third-order valence-corrected chi connectivity index (χ3v) is 6.01. The second-order valence-corrected chi connectivity index (χ2v) is 8.45. The second-order valence-electron chi connectivity index (χ2n) is 8.45. The second kappa shape index (κ2) is 9.82. The molecule has 0 atom stereocenters. The van der Waals surface area contributed by atoms with E-state index >= 15 is 4.39 Å². The largest absolute Gasteiger partial charge is 0.462 e. The van der Waals surface area contributed by atoms with Gasteiger partial charge < -0.3 is 4.74 Å². The molecule has 0 aliphatic carbocycles. The van der Waals surface area contributed by atoms with Crippen molar-refractivity contribution in [3.8, 4) is 33.6 Å². The normalized spacial score (nSPS) is 11.6. The van der Waals surface area contributed by atoms with E-state index in [9.17, 15) is 27.2 Å². The average Bonchev–Trinajstić information content (AvgIpc) is 3.28. The molecule has 2 heterocycles. The van der Waals surface area contributed by atoms with Crippen LogP contribution in [-0.2, 0) is 10.9 Å². The number of benzene rings is 3. The SMILES string of the molecule is CCOC(=O)c1c(-c2ccc(C(F)(F)F)cc2)nc2c(-c3ccc(F)cc3F)c(-c3ccccc3)[nH]n2c1=O. The van der Waals surface area contributed by atoms with Gasteiger partial charge >= 0.3 is 12.1 Å². The van der Waals surface area contributed by atoms with Gasteiger partial charge in [-0.3, -0.25) is 9.89 Å². The molecule has 39 heavy (non-hydrogen) atoms. The molecule has 0 unspecified atom stereocenters. The number of carbonyl (C=O) groups excluding carboxylic acids is 1. The molecule has 11 heteroatoms. The van der Waals surface area contributed by atoms with Crippen molar-refractivity contribution in [2.75, 3.05) is 6.61 Å². The summed E-state index contributed by atoms with van der Waals surface area (Å²) in [5, 5.41) is 2.86. The fraction of sp³-hybridized carbons (Fsp3) is 0.107. The Morgan fingerprint density at radius 2 is 1.67 bits per heavy atom. The third kappa shape index (κ3) is 4.67. The molecule has 0 spiro atoms. The Morgan fingerprint density at radius 1 is 0.974 bits per heavy atom. The van der Waals surface area contributed by atoms with E-state index in [-0.39, 0.29) is 40.3 Å². The Labute approximate surface area is 217 Å². The predicted octanol–water partition coefficient (Wildman–Crippen LogP) is 6.50. The zero-order valence-corrected chi connectivity index (χ0v) is 20.1. The molecule has 3 aromatic carbocycles. The van der Waals surface area contributed by atoms with Gasteiger partial charge in [0.05, 0.1) is 29.1 Å². The maximum absolute atomic E-state index is 15.1. The van der Waals surface area contributed by atoms with Crippen molar-refractivity contribution in [3.05, 3.63) is 106 Å². The van der Waals surface area contributed by atoms with Gasteiger partial charge in [0.25, 0.3) is 5.56 Å². The van der Waals surface area contributed by atoms with Crippen LogP contribution in [0.3, 0.4) is 0 Å². The number of esters is 1. The monoisotopic (exact) mass is 539 g/mol. The van der Waals surface area contributed by atoms with Crippen molar-refractivity contribution in [3.63, 3.8) is 0 Å². The number of rotatable bonds is 5. The summed E-state index contributed by atoms with van der Waals surface area (Å²) in [4.78, 5) is 31.0. The highest BCUT2D eigenvalue weighted by Gasteiger charge is 2.31. The van der Waals surface area contributed by atoms with Crippen molar-refractivity contribution in [1.82, 2.24) is 14.6 Å². The number of hydrogen-bond acceptors (Lipinski definition) is 4. The fourth-order valence-corrected chi connectivity index (χ4v) is 4.25. The molecule has 1 N–H and O–H groups in total. The zero-order chi connectivity index (χ0) is 27.9. The van der Waals surface area contributed by atoms with Gasteiger partial charge in [-0.05, 0) is 31.2 Å². The summed E-state index contributed by atoms with van der Waals surface area (Å²) >= 11 is 0. The number of carbonyl (C=O) groups is 1. The first-order valence-corrected chi connectivity index (χ1v) is 11.6. The Bertz CT molecular complexity index is 1760. The minimum atomic E-state index is -4.61. The summed E-state index contributed by atoms with van der Waals surface area (Å²) in [6.07, 6.45) is -4.61. The van der Waals surface area contributed by atoms with Crippen molar-refractivity contribution in [1.29, 1.82) is 0 Å². The van der Waals surface area contributed by atoms with Gasteiger partial charge in [0.1, 0.15) is 11.6 Å². The minimum absolute atomic E-state index is 0.0265. The third-order valence-electron chi connectivity index (χ3n) is 6.01. The van der Waals surface area contributed by atoms with Crippen LogP contribution < -0.4 is 5.56 Å². The maximum atomic E-state index is 15.1. The van der Waals surface area contributed by atoms with Gasteiger partial charge in [-0.2, -0.15) is 17.7 Å². The average molecular weight is 539 g/mol. The molecular weight excluding hydrogens is 521 g/mol. The first-order chi connectivity index (χ1) is 18.6. The van der Waals surface area contributed by atoms with Crippen molar-refractivity contribution in [2.24, 2.45) is 0 Å². The summed E-state index contributed by atoms with van der Waals surface area (Å²) in [6, 6.07) is 15.2. The Morgan fingerprint density at radius 3 is 2.28 bits per heavy atom. The van der Waals surface area contributed by atoms with Crippen LogP contribution in [0.5, 0.6) is 0 Å². The molecule has 0 amide bonds. The lowest BCUT2D eigenvalue weighted by Gasteiger charge is -2.11. The molecule has 0 saturated carbocycles. The Balaban J connectivity index is 1.88. The maximum Gasteiger partial charge on any atom is 0.416 e. The summed E-state index contributed by atoms with van der Waals surface area (Å²) in [5.74, 6) is -2.80. The number of fused-ring (bicyclic) bond motifs is 1. The van der Waals surface area contributed by atoms with Crippen LogP contribution in [0.4, 0.5) is 22.0 Å². The first-order valence-electron chi connectivity index (χ1n) is 11.6. The fourth-order valence-electron chi connectivity index (χ4n) is 4.25. The number of nitrogens with one attached hydrogen (secondary N) is 1. The van der Waals surface area contributed by atoms with E-state index < -0.39 is 40.5 Å². The number of aromatic nitrogens is 3. The highest BCUT2D eigenvalue weighted by atomic mass is 19.4. The molecule has 0 aliphatic rings. The molecule has 198 valence electrons. The van der Waals surface area contributed by atoms with Crippen molar-refractivity contribution < 1.29 is 31.5 Å². The summed E-state index contributed by atoms with van der Waals surface area (Å²) in [7, 11) is 0. The highest BCUT2D eigenvalue weighted by molar-refractivity contribution is 5.98. The number of nitrogens with zero attached hydrogens (tertiary/aromatic N) is 2. The lowest BCUT2D eigenvalue weighted by atomic mass is 10.00. The van der Waals surface area contributed by atoms with Crippen LogP contribution in [0.1, 0.15) is 22.8 Å². The van der Waals surface area contributed by atoms with E-state index in [0.29, 0.717) is 11.6 Å². The summed E-state index contributed by atoms with van der Waals surface area (Å²) in [6.45, 7) is 1.44. The molecule has 6 nitrogen and oxygen atoms in total. The number of alkyl halides is 3. The molecule has 0 aliphatic heterocycles. The summed E-state index contributed by atoms with van der Waals surface area (Å²) < 4.78 is 74.3. The van der Waals surface area contributed by atoms with Gasteiger partial charge in [-0.25, -0.2) is 18.6 Å². The molecule has 2 aromatic heterocycles. The molecule has 0 radical (unpaired) electrons. The van der Waals surface area contributed by atoms with Crippen LogP contribution in [0.15, 0.2) is 77.6 Å². The van der Waals surface area contributed by atoms with Gasteiger partial charge in [-0.1, -0.05) is 42.5 Å². The highest BCUT2D eigenvalue weighted by Crippen LogP contribution is 2.37. The Kier molecular flexibility index (Phi) is 6.51. The van der Waals surface area contributed by atoms with E-state index in [1.165, 1.54) is 13.0 Å². The Hall–Kier alpha value is -4.80. The van der Waals surface area contributed by atoms with Crippen LogP contribution >= 0.6 is 0 Å². The van der Waals surface area contributed by atoms with Crippen LogP contribution in [0, 0.1) is 11.6 Å². The van der Waals surface area contributed by atoms with E-state index in [4.69, 9.17) is 4.74 Å². The number of hydrogen-bond donors (Lipinski definition) is 1. The quantitative estimate of drug-likeness (QED) is 0.204. The predicted molar refractivity (Wildman–Crippen MR) is 133 cm³/mol. The van der Waals surface area contributed by atoms with Crippen molar-refractivity contribution in [2.45, 2.75) is 13.1 Å². The number of H-pyrrole nitrogens is 1. The smallest absolute Gasteiger partial charge is 0.416 e. The first kappa shape index (κ1) is 25.8. The molecule has 0 saturated heterocycles. The van der Waals surface area contributed by atoms with Gasteiger partial charge in [0, 0.05) is 22.8 Å². The molecular formula is C28H18F5N3O3. The van der Waals surface area contributed by atoms with Crippen LogP contribution in [0.25, 0.3) is 39.3 Å². The van der Waals surface area contributed by atoms with Crippen molar-refractivity contribution >= 4 is 11.6 Å². The lowest BCUT2D eigenvalue weighted by molar-refractivity contribution is -0.137. The zero-order valence-electron chi connectivity index (χ0n) is 20.1. The molecule has 5 aromatic rings.